The number of nitrogens with one attached hydrogen (secondary N) is 1. The van der Waals surface area contributed by atoms with Crippen molar-refractivity contribution in [3.8, 4) is 5.75 Å². The summed E-state index contributed by atoms with van der Waals surface area (Å²) >= 11 is 0. The molecule has 1 rings (SSSR count). The highest BCUT2D eigenvalue weighted by Gasteiger charge is 2.14. The molecule has 0 aliphatic carbocycles. The third-order valence-corrected chi connectivity index (χ3v) is 2.06. The number of carbonyl (C=O) groups is 2. The summed E-state index contributed by atoms with van der Waals surface area (Å²) in [4.78, 5) is 23.6. The fourth-order valence-corrected chi connectivity index (χ4v) is 1.27. The highest BCUT2D eigenvalue weighted by molar-refractivity contribution is 5.98. The van der Waals surface area contributed by atoms with Gasteiger partial charge in [0.1, 0.15) is 5.75 Å². The second kappa shape index (κ2) is 5.16. The van der Waals surface area contributed by atoms with Gasteiger partial charge in [-0.3, -0.25) is 9.59 Å². The van der Waals surface area contributed by atoms with Gasteiger partial charge in [-0.2, -0.15) is 0 Å². The summed E-state index contributed by atoms with van der Waals surface area (Å²) in [6, 6.07) is 4.89. The standard InChI is InChI=1S/C11H14N2O3/c1-13(2)11(15)9-6-8(12-7-14)4-5-10(9)16-3/h4-7H,1-3H3,(H,12,14). The lowest BCUT2D eigenvalue weighted by molar-refractivity contribution is -0.105. The topological polar surface area (TPSA) is 58.6 Å². The van der Waals surface area contributed by atoms with Crippen molar-refractivity contribution in [2.75, 3.05) is 26.5 Å². The van der Waals surface area contributed by atoms with Crippen LogP contribution in [0.3, 0.4) is 0 Å². The van der Waals surface area contributed by atoms with Crippen LogP contribution in [0.4, 0.5) is 5.69 Å². The summed E-state index contributed by atoms with van der Waals surface area (Å²) in [5.74, 6) is 0.307. The number of nitrogens with zero attached hydrogens (tertiary/aromatic N) is 1. The van der Waals surface area contributed by atoms with Gasteiger partial charge in [0.2, 0.25) is 6.41 Å². The first-order chi connectivity index (χ1) is 7.60. The van der Waals surface area contributed by atoms with Crippen LogP contribution in [0.25, 0.3) is 0 Å². The molecule has 86 valence electrons. The second-order valence-electron chi connectivity index (χ2n) is 3.38. The molecule has 0 saturated heterocycles. The van der Waals surface area contributed by atoms with E-state index in [0.29, 0.717) is 23.4 Å². The molecule has 0 radical (unpaired) electrons. The van der Waals surface area contributed by atoms with Crippen LogP contribution in [0.2, 0.25) is 0 Å². The van der Waals surface area contributed by atoms with E-state index in [0.717, 1.165) is 0 Å². The lowest BCUT2D eigenvalue weighted by Gasteiger charge is -2.14. The molecule has 0 saturated carbocycles. The minimum Gasteiger partial charge on any atom is -0.496 e. The third-order valence-electron chi connectivity index (χ3n) is 2.06. The Morgan fingerprint density at radius 2 is 2.12 bits per heavy atom. The Labute approximate surface area is 94.0 Å². The minimum atomic E-state index is -0.175. The number of benzene rings is 1. The fraction of sp³-hybridized carbons (Fsp3) is 0.273. The molecule has 5 nitrogen and oxygen atoms in total. The molecule has 0 atom stereocenters. The Hall–Kier alpha value is -2.04. The summed E-state index contributed by atoms with van der Waals surface area (Å²) in [5, 5.41) is 2.49. The van der Waals surface area contributed by atoms with Crippen molar-refractivity contribution in [1.29, 1.82) is 0 Å². The van der Waals surface area contributed by atoms with Crippen molar-refractivity contribution in [3.63, 3.8) is 0 Å². The molecular weight excluding hydrogens is 208 g/mol. The number of ether oxygens (including phenoxy) is 1. The summed E-state index contributed by atoms with van der Waals surface area (Å²) < 4.78 is 5.09. The highest BCUT2D eigenvalue weighted by Crippen LogP contribution is 2.23. The van der Waals surface area contributed by atoms with Crippen molar-refractivity contribution >= 4 is 18.0 Å². The number of methoxy groups -OCH3 is 1. The van der Waals surface area contributed by atoms with Gasteiger partial charge < -0.3 is 15.0 Å². The molecule has 0 heterocycles. The fourth-order valence-electron chi connectivity index (χ4n) is 1.27. The Kier molecular flexibility index (Phi) is 3.88. The molecule has 1 aromatic carbocycles. The number of hydrogen-bond donors (Lipinski definition) is 1. The maximum Gasteiger partial charge on any atom is 0.257 e. The molecule has 0 unspecified atom stereocenters. The van der Waals surface area contributed by atoms with Crippen LogP contribution in [0.5, 0.6) is 5.75 Å². The predicted octanol–water partition coefficient (Wildman–Crippen LogP) is 0.965. The molecule has 0 bridgehead atoms. The van der Waals surface area contributed by atoms with Crippen LogP contribution >= 0.6 is 0 Å². The van der Waals surface area contributed by atoms with E-state index < -0.39 is 0 Å². The van der Waals surface area contributed by atoms with E-state index in [1.165, 1.54) is 12.0 Å². The van der Waals surface area contributed by atoms with E-state index in [-0.39, 0.29) is 5.91 Å². The highest BCUT2D eigenvalue weighted by atomic mass is 16.5. The molecule has 1 aromatic rings. The molecule has 0 aromatic heterocycles. The van der Waals surface area contributed by atoms with Gasteiger partial charge in [-0.05, 0) is 18.2 Å². The van der Waals surface area contributed by atoms with Crippen LogP contribution in [0.1, 0.15) is 10.4 Å². The molecule has 0 aliphatic rings. The smallest absolute Gasteiger partial charge is 0.257 e. The monoisotopic (exact) mass is 222 g/mol. The van der Waals surface area contributed by atoms with Crippen LogP contribution in [-0.4, -0.2) is 38.4 Å². The maximum absolute atomic E-state index is 11.8. The first-order valence-corrected chi connectivity index (χ1v) is 4.70. The summed E-state index contributed by atoms with van der Waals surface area (Å²) in [7, 11) is 4.80. The number of anilines is 1. The van der Waals surface area contributed by atoms with Gasteiger partial charge in [0.05, 0.1) is 12.7 Å². The number of rotatable bonds is 4. The average Bonchev–Trinajstić information content (AvgIpc) is 2.28. The van der Waals surface area contributed by atoms with Gasteiger partial charge >= 0.3 is 0 Å². The lowest BCUT2D eigenvalue weighted by Crippen LogP contribution is -2.22. The molecule has 5 heteroatoms. The van der Waals surface area contributed by atoms with Crippen molar-refractivity contribution in [3.05, 3.63) is 23.8 Å². The first kappa shape index (κ1) is 12.0. The van der Waals surface area contributed by atoms with Crippen LogP contribution < -0.4 is 10.1 Å². The summed E-state index contributed by atoms with van der Waals surface area (Å²) in [5.41, 5.74) is 0.973. The van der Waals surface area contributed by atoms with Gasteiger partial charge in [-0.15, -0.1) is 0 Å². The van der Waals surface area contributed by atoms with Gasteiger partial charge in [0.25, 0.3) is 5.91 Å². The van der Waals surface area contributed by atoms with E-state index in [2.05, 4.69) is 5.32 Å². The molecular formula is C11H14N2O3. The largest absolute Gasteiger partial charge is 0.496 e. The molecule has 1 N–H and O–H groups in total. The van der Waals surface area contributed by atoms with E-state index >= 15 is 0 Å². The summed E-state index contributed by atoms with van der Waals surface area (Å²) in [6.07, 6.45) is 0.561. The molecule has 0 aliphatic heterocycles. The zero-order valence-corrected chi connectivity index (χ0v) is 9.48. The number of hydrogen-bond acceptors (Lipinski definition) is 3. The van der Waals surface area contributed by atoms with Gasteiger partial charge in [-0.1, -0.05) is 0 Å². The minimum absolute atomic E-state index is 0.175. The SMILES string of the molecule is COc1ccc(NC=O)cc1C(=O)N(C)C. The maximum atomic E-state index is 11.8. The first-order valence-electron chi connectivity index (χ1n) is 4.70. The molecule has 16 heavy (non-hydrogen) atoms. The Balaban J connectivity index is 3.16. The van der Waals surface area contributed by atoms with E-state index in [9.17, 15) is 9.59 Å². The van der Waals surface area contributed by atoms with Crippen LogP contribution in [-0.2, 0) is 4.79 Å². The number of amides is 2. The Bertz CT molecular complexity index is 402. The lowest BCUT2D eigenvalue weighted by atomic mass is 10.1. The van der Waals surface area contributed by atoms with Crippen molar-refractivity contribution in [2.24, 2.45) is 0 Å². The third kappa shape index (κ3) is 2.50. The van der Waals surface area contributed by atoms with Gasteiger partial charge in [0, 0.05) is 19.8 Å². The quantitative estimate of drug-likeness (QED) is 0.772. The van der Waals surface area contributed by atoms with Gasteiger partial charge in [0.15, 0.2) is 0 Å². The molecule has 0 spiro atoms. The zero-order valence-electron chi connectivity index (χ0n) is 9.48. The normalized spacial score (nSPS) is 9.44. The summed E-state index contributed by atoms with van der Waals surface area (Å²) in [6.45, 7) is 0. The van der Waals surface area contributed by atoms with Crippen molar-refractivity contribution < 1.29 is 14.3 Å². The second-order valence-corrected chi connectivity index (χ2v) is 3.38. The Morgan fingerprint density at radius 3 is 2.62 bits per heavy atom. The average molecular weight is 222 g/mol. The zero-order chi connectivity index (χ0) is 12.1. The van der Waals surface area contributed by atoms with Crippen LogP contribution in [0, 0.1) is 0 Å². The predicted molar refractivity (Wildman–Crippen MR) is 60.7 cm³/mol. The van der Waals surface area contributed by atoms with Crippen molar-refractivity contribution in [2.45, 2.75) is 0 Å². The van der Waals surface area contributed by atoms with Crippen LogP contribution in [0.15, 0.2) is 18.2 Å². The van der Waals surface area contributed by atoms with Gasteiger partial charge in [-0.25, -0.2) is 0 Å². The van der Waals surface area contributed by atoms with Crippen molar-refractivity contribution in [1.82, 2.24) is 4.90 Å². The van der Waals surface area contributed by atoms with E-state index in [1.807, 2.05) is 0 Å². The molecule has 0 fully saturated rings. The van der Waals surface area contributed by atoms with E-state index in [4.69, 9.17) is 4.74 Å². The van der Waals surface area contributed by atoms with E-state index in [1.54, 1.807) is 32.3 Å². The number of carbonyl (C=O) groups excluding carboxylic acids is 2. The molecule has 2 amide bonds. The Morgan fingerprint density at radius 1 is 1.44 bits per heavy atom.